The van der Waals surface area contributed by atoms with Crippen molar-refractivity contribution in [3.05, 3.63) is 0 Å². The maximum absolute atomic E-state index is 12.8. The second-order valence-electron chi connectivity index (χ2n) is 7.45. The summed E-state index contributed by atoms with van der Waals surface area (Å²) in [5.74, 6) is 1.33. The number of carbonyl (C=O) groups is 1. The normalized spacial score (nSPS) is 34.9. The Kier molecular flexibility index (Phi) is 4.52. The maximum Gasteiger partial charge on any atom is 0.241 e. The van der Waals surface area contributed by atoms with E-state index >= 15 is 0 Å². The van der Waals surface area contributed by atoms with Gasteiger partial charge in [-0.15, -0.1) is 0 Å². The van der Waals surface area contributed by atoms with Crippen molar-refractivity contribution in [1.29, 1.82) is 0 Å². The van der Waals surface area contributed by atoms with Gasteiger partial charge in [-0.25, -0.2) is 8.42 Å². The van der Waals surface area contributed by atoms with E-state index < -0.39 is 14.6 Å². The average molecular weight is 328 g/mol. The van der Waals surface area contributed by atoms with E-state index in [9.17, 15) is 13.2 Å². The number of fused-ring (bicyclic) bond motifs is 1. The van der Waals surface area contributed by atoms with Crippen LogP contribution < -0.4 is 10.6 Å². The highest BCUT2D eigenvalue weighted by atomic mass is 32.2. The van der Waals surface area contributed by atoms with Crippen LogP contribution in [-0.2, 0) is 14.6 Å². The lowest BCUT2D eigenvalue weighted by Crippen LogP contribution is -2.59. The van der Waals surface area contributed by atoms with Gasteiger partial charge in [0.25, 0.3) is 0 Å². The summed E-state index contributed by atoms with van der Waals surface area (Å²) in [6, 6.07) is 0.167. The highest BCUT2D eigenvalue weighted by Gasteiger charge is 2.49. The molecule has 1 heterocycles. The molecule has 1 amide bonds. The minimum absolute atomic E-state index is 0.167. The molecule has 0 aromatic rings. The molecule has 2 N–H and O–H groups in total. The van der Waals surface area contributed by atoms with Gasteiger partial charge in [0.2, 0.25) is 5.91 Å². The molecule has 0 radical (unpaired) electrons. The van der Waals surface area contributed by atoms with Crippen molar-refractivity contribution in [1.82, 2.24) is 10.6 Å². The van der Waals surface area contributed by atoms with Gasteiger partial charge in [-0.05, 0) is 57.0 Å². The quantitative estimate of drug-likeness (QED) is 0.817. The van der Waals surface area contributed by atoms with Crippen LogP contribution in [0.15, 0.2) is 0 Å². The second kappa shape index (κ2) is 6.11. The zero-order valence-corrected chi connectivity index (χ0v) is 14.3. The standard InChI is InChI=1S/C16H28N2O3S/c1-22(20,21)16(7-9-17-10-8-16)15(19)18-14-6-5-12-3-2-4-13(12)11-14/h12-14,17H,2-11H2,1H3,(H,18,19). The molecule has 5 nitrogen and oxygen atoms in total. The lowest BCUT2D eigenvalue weighted by Gasteiger charge is -2.38. The molecule has 1 aliphatic heterocycles. The number of piperidine rings is 1. The molecule has 2 aliphatic carbocycles. The molecule has 0 aromatic heterocycles. The van der Waals surface area contributed by atoms with Gasteiger partial charge < -0.3 is 10.6 Å². The van der Waals surface area contributed by atoms with Crippen LogP contribution >= 0.6 is 0 Å². The summed E-state index contributed by atoms with van der Waals surface area (Å²) in [6.07, 6.45) is 9.14. The third kappa shape index (κ3) is 2.92. The molecular weight excluding hydrogens is 300 g/mol. The summed E-state index contributed by atoms with van der Waals surface area (Å²) in [5, 5.41) is 6.26. The van der Waals surface area contributed by atoms with Crippen molar-refractivity contribution in [2.24, 2.45) is 11.8 Å². The molecule has 3 aliphatic rings. The summed E-state index contributed by atoms with van der Waals surface area (Å²) < 4.78 is 23.4. The van der Waals surface area contributed by atoms with Crippen LogP contribution in [0.2, 0.25) is 0 Å². The monoisotopic (exact) mass is 328 g/mol. The number of hydrogen-bond acceptors (Lipinski definition) is 4. The van der Waals surface area contributed by atoms with Gasteiger partial charge in [-0.2, -0.15) is 0 Å². The average Bonchev–Trinajstić information content (AvgIpc) is 2.94. The van der Waals surface area contributed by atoms with Crippen molar-refractivity contribution in [3.8, 4) is 0 Å². The highest BCUT2D eigenvalue weighted by Crippen LogP contribution is 2.42. The van der Waals surface area contributed by atoms with Crippen LogP contribution in [0.3, 0.4) is 0 Å². The fourth-order valence-electron chi connectivity index (χ4n) is 4.75. The summed E-state index contributed by atoms with van der Waals surface area (Å²) in [5.41, 5.74) is 0. The Labute approximate surface area is 133 Å². The number of nitrogens with one attached hydrogen (secondary N) is 2. The Morgan fingerprint density at radius 1 is 1.09 bits per heavy atom. The largest absolute Gasteiger partial charge is 0.352 e. The van der Waals surface area contributed by atoms with Gasteiger partial charge >= 0.3 is 0 Å². The van der Waals surface area contributed by atoms with E-state index in [4.69, 9.17) is 0 Å². The van der Waals surface area contributed by atoms with E-state index in [-0.39, 0.29) is 11.9 Å². The van der Waals surface area contributed by atoms with E-state index in [1.165, 1.54) is 31.9 Å². The van der Waals surface area contributed by atoms with Crippen LogP contribution in [0.1, 0.15) is 51.4 Å². The van der Waals surface area contributed by atoms with Gasteiger partial charge in [0.05, 0.1) is 0 Å². The summed E-state index contributed by atoms with van der Waals surface area (Å²) in [6.45, 7) is 1.19. The zero-order valence-electron chi connectivity index (χ0n) is 13.4. The first-order valence-corrected chi connectivity index (χ1v) is 10.5. The molecule has 126 valence electrons. The SMILES string of the molecule is CS(=O)(=O)C1(C(=O)NC2CCC3CCCC3C2)CCNCC1. The smallest absolute Gasteiger partial charge is 0.241 e. The summed E-state index contributed by atoms with van der Waals surface area (Å²) in [4.78, 5) is 12.8. The van der Waals surface area contributed by atoms with Crippen LogP contribution in [0.25, 0.3) is 0 Å². The predicted molar refractivity (Wildman–Crippen MR) is 86.3 cm³/mol. The molecule has 2 saturated carbocycles. The second-order valence-corrected chi connectivity index (χ2v) is 9.78. The number of amides is 1. The topological polar surface area (TPSA) is 75.3 Å². The number of hydrogen-bond donors (Lipinski definition) is 2. The van der Waals surface area contributed by atoms with Gasteiger partial charge in [0, 0.05) is 12.3 Å². The van der Waals surface area contributed by atoms with E-state index in [1.54, 1.807) is 0 Å². The molecular formula is C16H28N2O3S. The lowest BCUT2D eigenvalue weighted by atomic mass is 9.79. The van der Waals surface area contributed by atoms with Crippen molar-refractivity contribution < 1.29 is 13.2 Å². The molecule has 3 unspecified atom stereocenters. The van der Waals surface area contributed by atoms with Crippen molar-refractivity contribution in [3.63, 3.8) is 0 Å². The Morgan fingerprint density at radius 3 is 2.45 bits per heavy atom. The van der Waals surface area contributed by atoms with E-state index in [1.807, 2.05) is 0 Å². The van der Waals surface area contributed by atoms with Crippen molar-refractivity contribution >= 4 is 15.7 Å². The predicted octanol–water partition coefficient (Wildman–Crippen LogP) is 1.24. The molecule has 6 heteroatoms. The number of carbonyl (C=O) groups excluding carboxylic acids is 1. The van der Waals surface area contributed by atoms with E-state index in [2.05, 4.69) is 10.6 Å². The zero-order chi connectivity index (χ0) is 15.8. The molecule has 0 aromatic carbocycles. The van der Waals surface area contributed by atoms with Crippen molar-refractivity contribution in [2.45, 2.75) is 62.2 Å². The first-order valence-electron chi connectivity index (χ1n) is 8.64. The molecule has 0 bridgehead atoms. The first-order chi connectivity index (χ1) is 10.4. The number of sulfone groups is 1. The molecule has 1 saturated heterocycles. The fraction of sp³-hybridized carbons (Fsp3) is 0.938. The third-order valence-electron chi connectivity index (χ3n) is 6.16. The van der Waals surface area contributed by atoms with Crippen LogP contribution in [0, 0.1) is 11.8 Å². The summed E-state index contributed by atoms with van der Waals surface area (Å²) in [7, 11) is -3.41. The molecule has 3 rings (SSSR count). The Bertz CT molecular complexity index is 526. The van der Waals surface area contributed by atoms with E-state index in [0.29, 0.717) is 25.9 Å². The minimum atomic E-state index is -3.41. The Balaban J connectivity index is 1.69. The van der Waals surface area contributed by atoms with Gasteiger partial charge in [0.1, 0.15) is 0 Å². The van der Waals surface area contributed by atoms with E-state index in [0.717, 1.165) is 24.7 Å². The van der Waals surface area contributed by atoms with Crippen molar-refractivity contribution in [2.75, 3.05) is 19.3 Å². The van der Waals surface area contributed by atoms with Crippen LogP contribution in [0.4, 0.5) is 0 Å². The van der Waals surface area contributed by atoms with Crippen LogP contribution in [-0.4, -0.2) is 44.5 Å². The minimum Gasteiger partial charge on any atom is -0.352 e. The molecule has 3 fully saturated rings. The maximum atomic E-state index is 12.8. The van der Waals surface area contributed by atoms with Crippen LogP contribution in [0.5, 0.6) is 0 Å². The van der Waals surface area contributed by atoms with Gasteiger partial charge in [-0.3, -0.25) is 4.79 Å². The third-order valence-corrected chi connectivity index (χ3v) is 8.17. The Hall–Kier alpha value is -0.620. The first kappa shape index (κ1) is 16.2. The molecule has 3 atom stereocenters. The van der Waals surface area contributed by atoms with Gasteiger partial charge in [-0.1, -0.05) is 19.3 Å². The van der Waals surface area contributed by atoms with Gasteiger partial charge in [0.15, 0.2) is 14.6 Å². The molecule has 22 heavy (non-hydrogen) atoms. The number of rotatable bonds is 3. The fourth-order valence-corrected chi connectivity index (χ4v) is 6.09. The highest BCUT2D eigenvalue weighted by molar-refractivity contribution is 7.92. The molecule has 0 spiro atoms. The summed E-state index contributed by atoms with van der Waals surface area (Å²) >= 11 is 0. The Morgan fingerprint density at radius 2 is 1.77 bits per heavy atom. The lowest BCUT2D eigenvalue weighted by molar-refractivity contribution is -0.125.